The minimum atomic E-state index is 0.375. The molecule has 3 nitrogen and oxygen atoms in total. The number of Topliss-reactive ketones (excluding diaryl/α,β-unsaturated/α-hetero) is 1. The molecule has 0 spiro atoms. The maximum atomic E-state index is 11.4. The molecule has 3 rings (SSSR count). The number of aryl methyl sites for hydroxylation is 1. The largest absolute Gasteiger partial charge is 0.343 e. The predicted molar refractivity (Wildman–Crippen MR) is 81.6 cm³/mol. The summed E-state index contributed by atoms with van der Waals surface area (Å²) >= 11 is 3.59. The van der Waals surface area contributed by atoms with Crippen molar-refractivity contribution in [1.82, 2.24) is 4.57 Å². The number of fused-ring (bicyclic) bond motifs is 1. The number of ketones is 1. The zero-order valence-electron chi connectivity index (χ0n) is 11.3. The number of hydrogen-bond acceptors (Lipinski definition) is 2. The van der Waals surface area contributed by atoms with Gasteiger partial charge >= 0.3 is 0 Å². The van der Waals surface area contributed by atoms with Crippen molar-refractivity contribution >= 4 is 32.6 Å². The van der Waals surface area contributed by atoms with E-state index in [1.54, 1.807) is 0 Å². The van der Waals surface area contributed by atoms with Crippen molar-refractivity contribution in [3.63, 3.8) is 0 Å². The van der Waals surface area contributed by atoms with Gasteiger partial charge in [0.2, 0.25) is 0 Å². The molecular formula is C16H15BrN2O. The van der Waals surface area contributed by atoms with E-state index in [2.05, 4.69) is 38.8 Å². The summed E-state index contributed by atoms with van der Waals surface area (Å²) in [6.45, 7) is 1.97. The first kappa shape index (κ1) is 13.4. The topological polar surface area (TPSA) is 45.8 Å². The Balaban J connectivity index is 2.11. The van der Waals surface area contributed by atoms with Crippen LogP contribution < -0.4 is 0 Å². The fourth-order valence-corrected chi connectivity index (χ4v) is 3.52. The second-order valence-electron chi connectivity index (χ2n) is 5.45. The number of nitrogens with zero attached hydrogens (tertiary/aromatic N) is 2. The highest BCUT2D eigenvalue weighted by Gasteiger charge is 2.22. The Bertz CT molecular complexity index is 729. The van der Waals surface area contributed by atoms with E-state index >= 15 is 0 Å². The quantitative estimate of drug-likeness (QED) is 0.783. The first-order valence-electron chi connectivity index (χ1n) is 6.82. The van der Waals surface area contributed by atoms with Crippen molar-refractivity contribution in [1.29, 1.82) is 5.26 Å². The Kier molecular flexibility index (Phi) is 3.39. The molecular weight excluding hydrogens is 316 g/mol. The summed E-state index contributed by atoms with van der Waals surface area (Å²) in [5.41, 5.74) is 2.86. The lowest BCUT2D eigenvalue weighted by molar-refractivity contribution is -0.120. The summed E-state index contributed by atoms with van der Waals surface area (Å²) in [7, 11) is 0. The lowest BCUT2D eigenvalue weighted by Crippen LogP contribution is -2.17. The molecule has 0 N–H and O–H groups in total. The summed E-state index contributed by atoms with van der Waals surface area (Å²) in [4.78, 5) is 11.4. The highest BCUT2D eigenvalue weighted by atomic mass is 79.9. The molecule has 0 radical (unpaired) electrons. The third-order valence-electron chi connectivity index (χ3n) is 4.16. The SMILES string of the molecule is Cc1cc2c(cc1C#N)c(Br)cn2C1CCC(=O)CC1. The summed E-state index contributed by atoms with van der Waals surface area (Å²) in [6, 6.07) is 6.64. The van der Waals surface area contributed by atoms with Crippen LogP contribution in [0, 0.1) is 18.3 Å². The van der Waals surface area contributed by atoms with Crippen LogP contribution in [-0.2, 0) is 4.79 Å². The van der Waals surface area contributed by atoms with E-state index in [4.69, 9.17) is 5.26 Å². The number of carbonyl (C=O) groups is 1. The first-order chi connectivity index (χ1) is 9.60. The van der Waals surface area contributed by atoms with E-state index in [1.807, 2.05) is 13.0 Å². The van der Waals surface area contributed by atoms with Gasteiger partial charge in [-0.2, -0.15) is 5.26 Å². The molecule has 1 aliphatic rings. The lowest BCUT2D eigenvalue weighted by atomic mass is 9.94. The average Bonchev–Trinajstić information content (AvgIpc) is 2.75. The van der Waals surface area contributed by atoms with E-state index < -0.39 is 0 Å². The van der Waals surface area contributed by atoms with Gasteiger partial charge in [-0.1, -0.05) is 0 Å². The van der Waals surface area contributed by atoms with Crippen molar-refractivity contribution in [2.45, 2.75) is 38.6 Å². The Hall–Kier alpha value is -1.60. The second kappa shape index (κ2) is 5.06. The minimum Gasteiger partial charge on any atom is -0.343 e. The molecule has 1 aromatic heterocycles. The van der Waals surface area contributed by atoms with E-state index in [1.165, 1.54) is 0 Å². The highest BCUT2D eigenvalue weighted by Crippen LogP contribution is 2.35. The zero-order chi connectivity index (χ0) is 14.3. The van der Waals surface area contributed by atoms with Crippen LogP contribution in [0.15, 0.2) is 22.8 Å². The van der Waals surface area contributed by atoms with Gasteiger partial charge in [-0.3, -0.25) is 4.79 Å². The molecule has 0 atom stereocenters. The fraction of sp³-hybridized carbons (Fsp3) is 0.375. The number of hydrogen-bond donors (Lipinski definition) is 0. The monoisotopic (exact) mass is 330 g/mol. The van der Waals surface area contributed by atoms with Gasteiger partial charge in [0.15, 0.2) is 0 Å². The molecule has 4 heteroatoms. The van der Waals surface area contributed by atoms with Crippen LogP contribution in [0.3, 0.4) is 0 Å². The van der Waals surface area contributed by atoms with Gasteiger partial charge in [-0.15, -0.1) is 0 Å². The van der Waals surface area contributed by atoms with Crippen LogP contribution in [0.25, 0.3) is 10.9 Å². The van der Waals surface area contributed by atoms with Crippen LogP contribution in [0.1, 0.15) is 42.9 Å². The van der Waals surface area contributed by atoms with Crippen molar-refractivity contribution in [3.05, 3.63) is 33.9 Å². The third kappa shape index (κ3) is 2.16. The maximum Gasteiger partial charge on any atom is 0.133 e. The van der Waals surface area contributed by atoms with Gasteiger partial charge in [-0.25, -0.2) is 0 Å². The third-order valence-corrected chi connectivity index (χ3v) is 4.79. The van der Waals surface area contributed by atoms with Gasteiger partial charge in [0, 0.05) is 40.5 Å². The predicted octanol–water partition coefficient (Wildman–Crippen LogP) is 4.27. The number of rotatable bonds is 1. The zero-order valence-corrected chi connectivity index (χ0v) is 12.9. The van der Waals surface area contributed by atoms with Crippen LogP contribution >= 0.6 is 15.9 Å². The van der Waals surface area contributed by atoms with Crippen LogP contribution in [-0.4, -0.2) is 10.4 Å². The molecule has 20 heavy (non-hydrogen) atoms. The Morgan fingerprint density at radius 1 is 1.35 bits per heavy atom. The number of nitriles is 1. The summed E-state index contributed by atoms with van der Waals surface area (Å²) in [6.07, 6.45) is 5.27. The molecule has 1 aliphatic carbocycles. The summed E-state index contributed by atoms with van der Waals surface area (Å²) in [5.74, 6) is 0.375. The van der Waals surface area contributed by atoms with Gasteiger partial charge in [-0.05, 0) is 53.4 Å². The lowest BCUT2D eigenvalue weighted by Gasteiger charge is -2.23. The minimum absolute atomic E-state index is 0.375. The second-order valence-corrected chi connectivity index (χ2v) is 6.30. The van der Waals surface area contributed by atoms with Crippen LogP contribution in [0.2, 0.25) is 0 Å². The van der Waals surface area contributed by atoms with E-state index in [9.17, 15) is 4.79 Å². The van der Waals surface area contributed by atoms with E-state index in [-0.39, 0.29) is 0 Å². The molecule has 0 amide bonds. The Morgan fingerprint density at radius 2 is 2.05 bits per heavy atom. The molecule has 0 aliphatic heterocycles. The number of benzene rings is 1. The highest BCUT2D eigenvalue weighted by molar-refractivity contribution is 9.10. The van der Waals surface area contributed by atoms with Crippen molar-refractivity contribution in [3.8, 4) is 6.07 Å². The molecule has 1 saturated carbocycles. The Labute approximate surface area is 126 Å². The van der Waals surface area contributed by atoms with E-state index in [0.717, 1.165) is 39.3 Å². The fourth-order valence-electron chi connectivity index (χ4n) is 2.98. The maximum absolute atomic E-state index is 11.4. The van der Waals surface area contributed by atoms with Crippen LogP contribution in [0.5, 0.6) is 0 Å². The molecule has 0 unspecified atom stereocenters. The molecule has 0 saturated heterocycles. The number of carbonyl (C=O) groups excluding carboxylic acids is 1. The van der Waals surface area contributed by atoms with Crippen molar-refractivity contribution in [2.75, 3.05) is 0 Å². The molecule has 1 fully saturated rings. The van der Waals surface area contributed by atoms with Gasteiger partial charge in [0.05, 0.1) is 11.6 Å². The van der Waals surface area contributed by atoms with E-state index in [0.29, 0.717) is 24.7 Å². The molecule has 2 aromatic rings. The Morgan fingerprint density at radius 3 is 2.70 bits per heavy atom. The first-order valence-corrected chi connectivity index (χ1v) is 7.62. The van der Waals surface area contributed by atoms with Gasteiger partial charge in [0.25, 0.3) is 0 Å². The average molecular weight is 331 g/mol. The summed E-state index contributed by atoms with van der Waals surface area (Å²) in [5, 5.41) is 10.2. The van der Waals surface area contributed by atoms with Crippen LogP contribution in [0.4, 0.5) is 0 Å². The summed E-state index contributed by atoms with van der Waals surface area (Å²) < 4.78 is 3.28. The van der Waals surface area contributed by atoms with Crippen molar-refractivity contribution in [2.24, 2.45) is 0 Å². The number of halogens is 1. The smallest absolute Gasteiger partial charge is 0.133 e. The standard InChI is InChI=1S/C16H15BrN2O/c1-10-6-16-14(7-11(10)8-18)15(17)9-19(16)12-2-4-13(20)5-3-12/h6-7,9,12H,2-5H2,1H3. The molecule has 1 heterocycles. The van der Waals surface area contributed by atoms with Gasteiger partial charge < -0.3 is 4.57 Å². The molecule has 0 bridgehead atoms. The molecule has 1 aromatic carbocycles. The van der Waals surface area contributed by atoms with Gasteiger partial charge in [0.1, 0.15) is 5.78 Å². The van der Waals surface area contributed by atoms with Crippen molar-refractivity contribution < 1.29 is 4.79 Å². The normalized spacial score (nSPS) is 16.6. The molecule has 102 valence electrons. The number of aromatic nitrogens is 1.